The van der Waals surface area contributed by atoms with Crippen LogP contribution in [-0.2, 0) is 0 Å². The van der Waals surface area contributed by atoms with Crippen molar-refractivity contribution in [2.75, 3.05) is 11.9 Å². The van der Waals surface area contributed by atoms with Gasteiger partial charge in [-0.05, 0) is 38.1 Å². The molecule has 2 rings (SSSR count). The molecule has 120 valence electrons. The molecule has 0 unspecified atom stereocenters. The van der Waals surface area contributed by atoms with Crippen molar-refractivity contribution in [3.05, 3.63) is 66.7 Å². The lowest BCUT2D eigenvalue weighted by molar-refractivity contribution is 0.102. The van der Waals surface area contributed by atoms with Gasteiger partial charge in [0.25, 0.3) is 5.91 Å². The van der Waals surface area contributed by atoms with Crippen LogP contribution < -0.4 is 14.8 Å². The van der Waals surface area contributed by atoms with E-state index in [-0.39, 0.29) is 12.0 Å². The number of para-hydroxylation sites is 1. The van der Waals surface area contributed by atoms with E-state index in [9.17, 15) is 4.79 Å². The van der Waals surface area contributed by atoms with Crippen molar-refractivity contribution in [3.8, 4) is 11.5 Å². The standard InChI is InChI=1S/C19H21NO3/c1-4-12-22-16-9-7-8-15(13-16)20-19(21)17-10-5-6-11-18(17)23-14(2)3/h4-11,13-14H,1,12H2,2-3H3,(H,20,21). The Labute approximate surface area is 136 Å². The van der Waals surface area contributed by atoms with Gasteiger partial charge >= 0.3 is 0 Å². The van der Waals surface area contributed by atoms with E-state index in [1.165, 1.54) is 0 Å². The summed E-state index contributed by atoms with van der Waals surface area (Å²) in [5.41, 5.74) is 1.16. The summed E-state index contributed by atoms with van der Waals surface area (Å²) in [5, 5.41) is 2.86. The Morgan fingerprint density at radius 1 is 1.22 bits per heavy atom. The van der Waals surface area contributed by atoms with Crippen molar-refractivity contribution in [2.45, 2.75) is 20.0 Å². The molecule has 0 aliphatic heterocycles. The molecule has 2 aromatic carbocycles. The minimum absolute atomic E-state index is 0.000388. The Hall–Kier alpha value is -2.75. The number of ether oxygens (including phenoxy) is 2. The van der Waals surface area contributed by atoms with Crippen LogP contribution in [-0.4, -0.2) is 18.6 Å². The number of carbonyl (C=O) groups excluding carboxylic acids is 1. The second kappa shape index (κ2) is 8.03. The summed E-state index contributed by atoms with van der Waals surface area (Å²) in [6.07, 6.45) is 1.67. The summed E-state index contributed by atoms with van der Waals surface area (Å²) >= 11 is 0. The van der Waals surface area contributed by atoms with Crippen molar-refractivity contribution in [1.29, 1.82) is 0 Å². The molecule has 4 nitrogen and oxygen atoms in total. The second-order valence-corrected chi connectivity index (χ2v) is 5.24. The fraction of sp³-hybridized carbons (Fsp3) is 0.211. The number of benzene rings is 2. The van der Waals surface area contributed by atoms with Crippen molar-refractivity contribution >= 4 is 11.6 Å². The van der Waals surface area contributed by atoms with Crippen LogP contribution in [0.2, 0.25) is 0 Å². The van der Waals surface area contributed by atoms with E-state index in [1.807, 2.05) is 44.2 Å². The number of amides is 1. The molecule has 0 atom stereocenters. The van der Waals surface area contributed by atoms with E-state index in [0.717, 1.165) is 0 Å². The molecule has 0 heterocycles. The van der Waals surface area contributed by atoms with Gasteiger partial charge in [0, 0.05) is 11.8 Å². The van der Waals surface area contributed by atoms with Gasteiger partial charge in [-0.3, -0.25) is 4.79 Å². The van der Waals surface area contributed by atoms with Crippen molar-refractivity contribution in [2.24, 2.45) is 0 Å². The monoisotopic (exact) mass is 311 g/mol. The van der Waals surface area contributed by atoms with Crippen LogP contribution >= 0.6 is 0 Å². The minimum atomic E-state index is -0.220. The first-order valence-corrected chi connectivity index (χ1v) is 7.51. The molecular formula is C19H21NO3. The highest BCUT2D eigenvalue weighted by atomic mass is 16.5. The maximum Gasteiger partial charge on any atom is 0.259 e. The molecule has 0 fully saturated rings. The molecule has 0 radical (unpaired) electrons. The lowest BCUT2D eigenvalue weighted by Gasteiger charge is -2.14. The summed E-state index contributed by atoms with van der Waals surface area (Å²) in [6, 6.07) is 14.4. The van der Waals surface area contributed by atoms with Gasteiger partial charge in [0.1, 0.15) is 18.1 Å². The van der Waals surface area contributed by atoms with Crippen LogP contribution in [0.15, 0.2) is 61.2 Å². The molecule has 0 aliphatic carbocycles. The van der Waals surface area contributed by atoms with Gasteiger partial charge in [-0.2, -0.15) is 0 Å². The number of anilines is 1. The first-order valence-electron chi connectivity index (χ1n) is 7.51. The van der Waals surface area contributed by atoms with E-state index < -0.39 is 0 Å². The van der Waals surface area contributed by atoms with E-state index in [1.54, 1.807) is 24.3 Å². The SMILES string of the molecule is C=CCOc1cccc(NC(=O)c2ccccc2OC(C)C)c1. The highest BCUT2D eigenvalue weighted by Crippen LogP contribution is 2.22. The van der Waals surface area contributed by atoms with Crippen LogP contribution in [0.3, 0.4) is 0 Å². The van der Waals surface area contributed by atoms with Crippen LogP contribution in [0, 0.1) is 0 Å². The minimum Gasteiger partial charge on any atom is -0.490 e. The Balaban J connectivity index is 2.14. The van der Waals surface area contributed by atoms with Crippen LogP contribution in [0.25, 0.3) is 0 Å². The third-order valence-corrected chi connectivity index (χ3v) is 2.95. The fourth-order valence-electron chi connectivity index (χ4n) is 2.03. The van der Waals surface area contributed by atoms with Gasteiger partial charge in [0.05, 0.1) is 11.7 Å². The van der Waals surface area contributed by atoms with E-state index in [4.69, 9.17) is 9.47 Å². The molecule has 0 aliphatic rings. The number of hydrogen-bond acceptors (Lipinski definition) is 3. The Bertz CT molecular complexity index is 680. The average molecular weight is 311 g/mol. The lowest BCUT2D eigenvalue weighted by atomic mass is 10.1. The molecule has 2 aromatic rings. The number of rotatable bonds is 7. The van der Waals surface area contributed by atoms with E-state index in [2.05, 4.69) is 11.9 Å². The van der Waals surface area contributed by atoms with Gasteiger partial charge in [-0.15, -0.1) is 0 Å². The predicted molar refractivity (Wildman–Crippen MR) is 92.3 cm³/mol. The average Bonchev–Trinajstić information content (AvgIpc) is 2.53. The van der Waals surface area contributed by atoms with Crippen molar-refractivity contribution in [1.82, 2.24) is 0 Å². The van der Waals surface area contributed by atoms with E-state index >= 15 is 0 Å². The topological polar surface area (TPSA) is 47.6 Å². The van der Waals surface area contributed by atoms with Gasteiger partial charge in [0.2, 0.25) is 0 Å². The Morgan fingerprint density at radius 3 is 2.74 bits per heavy atom. The van der Waals surface area contributed by atoms with Crippen LogP contribution in [0.4, 0.5) is 5.69 Å². The summed E-state index contributed by atoms with van der Waals surface area (Å²) < 4.78 is 11.1. The Kier molecular flexibility index (Phi) is 5.80. The second-order valence-electron chi connectivity index (χ2n) is 5.24. The maximum atomic E-state index is 12.5. The molecule has 1 amide bonds. The quantitative estimate of drug-likeness (QED) is 0.776. The normalized spacial score (nSPS) is 10.2. The fourth-order valence-corrected chi connectivity index (χ4v) is 2.03. The smallest absolute Gasteiger partial charge is 0.259 e. The zero-order valence-electron chi connectivity index (χ0n) is 13.4. The molecule has 0 saturated carbocycles. The number of hydrogen-bond donors (Lipinski definition) is 1. The summed E-state index contributed by atoms with van der Waals surface area (Å²) in [6.45, 7) is 7.88. The highest BCUT2D eigenvalue weighted by Gasteiger charge is 2.13. The third kappa shape index (κ3) is 4.88. The summed E-state index contributed by atoms with van der Waals surface area (Å²) in [4.78, 5) is 12.5. The molecule has 0 spiro atoms. The lowest BCUT2D eigenvalue weighted by Crippen LogP contribution is -2.15. The summed E-state index contributed by atoms with van der Waals surface area (Å²) in [5.74, 6) is 1.02. The third-order valence-electron chi connectivity index (χ3n) is 2.95. The maximum absolute atomic E-state index is 12.5. The van der Waals surface area contributed by atoms with E-state index in [0.29, 0.717) is 29.4 Å². The zero-order valence-corrected chi connectivity index (χ0v) is 13.4. The van der Waals surface area contributed by atoms with Gasteiger partial charge < -0.3 is 14.8 Å². The van der Waals surface area contributed by atoms with Crippen LogP contribution in [0.1, 0.15) is 24.2 Å². The predicted octanol–water partition coefficient (Wildman–Crippen LogP) is 4.29. The van der Waals surface area contributed by atoms with Crippen molar-refractivity contribution < 1.29 is 14.3 Å². The highest BCUT2D eigenvalue weighted by molar-refractivity contribution is 6.06. The van der Waals surface area contributed by atoms with Crippen LogP contribution in [0.5, 0.6) is 11.5 Å². The molecule has 1 N–H and O–H groups in total. The largest absolute Gasteiger partial charge is 0.490 e. The molecule has 4 heteroatoms. The molecule has 0 bridgehead atoms. The molecule has 0 saturated heterocycles. The van der Waals surface area contributed by atoms with Gasteiger partial charge in [-0.1, -0.05) is 30.9 Å². The van der Waals surface area contributed by atoms with Gasteiger partial charge in [0.15, 0.2) is 0 Å². The summed E-state index contributed by atoms with van der Waals surface area (Å²) in [7, 11) is 0. The number of carbonyl (C=O) groups is 1. The molecule has 0 aromatic heterocycles. The first-order chi connectivity index (χ1) is 11.1. The first kappa shape index (κ1) is 16.6. The molecular weight excluding hydrogens is 290 g/mol. The zero-order chi connectivity index (χ0) is 16.7. The number of nitrogens with one attached hydrogen (secondary N) is 1. The Morgan fingerprint density at radius 2 is 2.00 bits per heavy atom. The van der Waals surface area contributed by atoms with Gasteiger partial charge in [-0.25, -0.2) is 0 Å². The van der Waals surface area contributed by atoms with Crippen molar-refractivity contribution in [3.63, 3.8) is 0 Å². The molecule has 23 heavy (non-hydrogen) atoms.